The normalized spacial score (nSPS) is 11.3. The summed E-state index contributed by atoms with van der Waals surface area (Å²) in [6.07, 6.45) is -3.91. The predicted molar refractivity (Wildman–Crippen MR) is 92.5 cm³/mol. The van der Waals surface area contributed by atoms with Gasteiger partial charge in [-0.25, -0.2) is 0 Å². The van der Waals surface area contributed by atoms with Crippen molar-refractivity contribution in [3.05, 3.63) is 58.1 Å². The Morgan fingerprint density at radius 1 is 1.12 bits per heavy atom. The molecule has 0 aliphatic carbocycles. The monoisotopic (exact) mass is 386 g/mol. The van der Waals surface area contributed by atoms with Gasteiger partial charge in [0.2, 0.25) is 0 Å². The Kier molecular flexibility index (Phi) is 6.53. The maximum absolute atomic E-state index is 13.3. The molecule has 0 amide bonds. The third kappa shape index (κ3) is 4.91. The first-order chi connectivity index (χ1) is 12.3. The SMILES string of the molecule is CCC(=O)Oc1cccc(Cl)c1COc1ccc(CC)cc1C(F)(F)F. The fourth-order valence-electron chi connectivity index (χ4n) is 2.26. The third-order valence-corrected chi connectivity index (χ3v) is 4.07. The summed E-state index contributed by atoms with van der Waals surface area (Å²) in [7, 11) is 0. The van der Waals surface area contributed by atoms with Gasteiger partial charge in [0.25, 0.3) is 0 Å². The van der Waals surface area contributed by atoms with Crippen molar-refractivity contribution >= 4 is 17.6 Å². The Labute approximate surface area is 154 Å². The number of carbonyl (C=O) groups excluding carboxylic acids is 1. The largest absolute Gasteiger partial charge is 0.488 e. The average Bonchev–Trinajstić information content (AvgIpc) is 2.60. The first-order valence-corrected chi connectivity index (χ1v) is 8.45. The number of esters is 1. The van der Waals surface area contributed by atoms with E-state index in [-0.39, 0.29) is 29.5 Å². The number of rotatable bonds is 6. The van der Waals surface area contributed by atoms with Gasteiger partial charge in [-0.05, 0) is 36.2 Å². The second-order valence-corrected chi connectivity index (χ2v) is 5.92. The lowest BCUT2D eigenvalue weighted by molar-refractivity contribution is -0.139. The molecule has 0 fully saturated rings. The molecule has 0 atom stereocenters. The Hall–Kier alpha value is -2.21. The zero-order valence-electron chi connectivity index (χ0n) is 14.3. The van der Waals surface area contributed by atoms with Gasteiger partial charge in [-0.3, -0.25) is 4.79 Å². The van der Waals surface area contributed by atoms with E-state index >= 15 is 0 Å². The van der Waals surface area contributed by atoms with Crippen molar-refractivity contribution in [1.29, 1.82) is 0 Å². The number of hydrogen-bond donors (Lipinski definition) is 0. The molecule has 140 valence electrons. The highest BCUT2D eigenvalue weighted by atomic mass is 35.5. The summed E-state index contributed by atoms with van der Waals surface area (Å²) >= 11 is 6.11. The van der Waals surface area contributed by atoms with E-state index in [4.69, 9.17) is 21.1 Å². The third-order valence-electron chi connectivity index (χ3n) is 3.72. The van der Waals surface area contributed by atoms with Crippen molar-refractivity contribution in [2.75, 3.05) is 0 Å². The number of halogens is 4. The number of aryl methyl sites for hydroxylation is 1. The molecule has 0 unspecified atom stereocenters. The second kappa shape index (κ2) is 8.45. The lowest BCUT2D eigenvalue weighted by Gasteiger charge is -2.17. The zero-order chi connectivity index (χ0) is 19.3. The van der Waals surface area contributed by atoms with Crippen LogP contribution in [0, 0.1) is 0 Å². The van der Waals surface area contributed by atoms with E-state index in [1.807, 2.05) is 0 Å². The van der Waals surface area contributed by atoms with Gasteiger partial charge in [0, 0.05) is 6.42 Å². The van der Waals surface area contributed by atoms with Crippen LogP contribution in [0.4, 0.5) is 13.2 Å². The van der Waals surface area contributed by atoms with Crippen LogP contribution in [0.5, 0.6) is 11.5 Å². The van der Waals surface area contributed by atoms with Crippen molar-refractivity contribution in [1.82, 2.24) is 0 Å². The van der Waals surface area contributed by atoms with Crippen molar-refractivity contribution in [2.24, 2.45) is 0 Å². The zero-order valence-corrected chi connectivity index (χ0v) is 15.1. The summed E-state index contributed by atoms with van der Waals surface area (Å²) in [5.74, 6) is -0.609. The Morgan fingerprint density at radius 3 is 2.46 bits per heavy atom. The minimum Gasteiger partial charge on any atom is -0.488 e. The molecule has 0 aliphatic heterocycles. The molecule has 26 heavy (non-hydrogen) atoms. The fourth-order valence-corrected chi connectivity index (χ4v) is 2.48. The predicted octanol–water partition coefficient (Wildman–Crippen LogP) is 5.82. The summed E-state index contributed by atoms with van der Waals surface area (Å²) in [6, 6.07) is 8.59. The van der Waals surface area contributed by atoms with Crippen LogP contribution in [0.15, 0.2) is 36.4 Å². The Bertz CT molecular complexity index is 788. The first-order valence-electron chi connectivity index (χ1n) is 8.07. The number of carbonyl (C=O) groups is 1. The highest BCUT2D eigenvalue weighted by Gasteiger charge is 2.34. The highest BCUT2D eigenvalue weighted by Crippen LogP contribution is 2.38. The Morgan fingerprint density at radius 2 is 1.85 bits per heavy atom. The molecule has 0 saturated heterocycles. The van der Waals surface area contributed by atoms with Crippen LogP contribution in [-0.4, -0.2) is 5.97 Å². The summed E-state index contributed by atoms with van der Waals surface area (Å²) in [6.45, 7) is 3.14. The fraction of sp³-hybridized carbons (Fsp3) is 0.316. The van der Waals surface area contributed by atoms with E-state index in [0.29, 0.717) is 17.5 Å². The van der Waals surface area contributed by atoms with Crippen LogP contribution >= 0.6 is 11.6 Å². The van der Waals surface area contributed by atoms with Crippen LogP contribution in [-0.2, 0) is 24.0 Å². The lowest BCUT2D eigenvalue weighted by Crippen LogP contribution is -2.11. The molecule has 0 aromatic heterocycles. The molecule has 7 heteroatoms. The highest BCUT2D eigenvalue weighted by molar-refractivity contribution is 6.31. The molecule has 0 aliphatic rings. The maximum atomic E-state index is 13.3. The van der Waals surface area contributed by atoms with Crippen LogP contribution in [0.3, 0.4) is 0 Å². The van der Waals surface area contributed by atoms with Crippen molar-refractivity contribution in [2.45, 2.75) is 39.5 Å². The molecule has 0 heterocycles. The first kappa shape index (κ1) is 20.1. The molecule has 2 aromatic rings. The van der Waals surface area contributed by atoms with Gasteiger partial charge >= 0.3 is 12.1 Å². The van der Waals surface area contributed by atoms with Gasteiger partial charge in [0.1, 0.15) is 18.1 Å². The molecule has 0 saturated carbocycles. The molecular weight excluding hydrogens is 369 g/mol. The second-order valence-electron chi connectivity index (χ2n) is 5.51. The average molecular weight is 387 g/mol. The van der Waals surface area contributed by atoms with Gasteiger partial charge in [0.05, 0.1) is 16.1 Å². The quantitative estimate of drug-likeness (QED) is 0.464. The van der Waals surface area contributed by atoms with E-state index in [1.54, 1.807) is 32.0 Å². The van der Waals surface area contributed by atoms with Crippen LogP contribution < -0.4 is 9.47 Å². The van der Waals surface area contributed by atoms with Gasteiger partial charge in [-0.1, -0.05) is 37.6 Å². The topological polar surface area (TPSA) is 35.5 Å². The van der Waals surface area contributed by atoms with Gasteiger partial charge in [0.15, 0.2) is 0 Å². The molecule has 0 bridgehead atoms. The molecule has 0 radical (unpaired) electrons. The maximum Gasteiger partial charge on any atom is 0.419 e. The number of alkyl halides is 3. The lowest BCUT2D eigenvalue weighted by atomic mass is 10.1. The molecule has 3 nitrogen and oxygen atoms in total. The van der Waals surface area contributed by atoms with E-state index in [2.05, 4.69) is 0 Å². The van der Waals surface area contributed by atoms with Crippen LogP contribution in [0.25, 0.3) is 0 Å². The minimum atomic E-state index is -4.54. The summed E-state index contributed by atoms with van der Waals surface area (Å²) in [5.41, 5.74) is 0.0136. The molecule has 2 aromatic carbocycles. The molecule has 2 rings (SSSR count). The van der Waals surface area contributed by atoms with Gasteiger partial charge in [-0.15, -0.1) is 0 Å². The van der Waals surface area contributed by atoms with E-state index in [9.17, 15) is 18.0 Å². The molecular formula is C19H18ClF3O3. The van der Waals surface area contributed by atoms with Crippen molar-refractivity contribution < 1.29 is 27.4 Å². The Balaban J connectivity index is 2.31. The number of benzene rings is 2. The van der Waals surface area contributed by atoms with Crippen LogP contribution in [0.1, 0.15) is 37.0 Å². The summed E-state index contributed by atoms with van der Waals surface area (Å²) < 4.78 is 50.4. The van der Waals surface area contributed by atoms with Gasteiger partial charge in [-0.2, -0.15) is 13.2 Å². The summed E-state index contributed by atoms with van der Waals surface area (Å²) in [5, 5.41) is 0.241. The number of hydrogen-bond acceptors (Lipinski definition) is 3. The number of ether oxygens (including phenoxy) is 2. The smallest absolute Gasteiger partial charge is 0.419 e. The summed E-state index contributed by atoms with van der Waals surface area (Å²) in [4.78, 5) is 11.5. The van der Waals surface area contributed by atoms with Crippen LogP contribution in [0.2, 0.25) is 5.02 Å². The van der Waals surface area contributed by atoms with Crippen molar-refractivity contribution in [3.8, 4) is 11.5 Å². The minimum absolute atomic E-state index is 0.156. The van der Waals surface area contributed by atoms with E-state index in [0.717, 1.165) is 6.07 Å². The van der Waals surface area contributed by atoms with E-state index in [1.165, 1.54) is 12.1 Å². The molecule has 0 N–H and O–H groups in total. The molecule has 0 spiro atoms. The van der Waals surface area contributed by atoms with Gasteiger partial charge < -0.3 is 9.47 Å². The van der Waals surface area contributed by atoms with E-state index < -0.39 is 17.7 Å². The van der Waals surface area contributed by atoms with Crippen molar-refractivity contribution in [3.63, 3.8) is 0 Å². The standard InChI is InChI=1S/C19H18ClF3O3/c1-3-12-8-9-17(14(10-12)19(21,22)23)25-11-13-15(20)6-5-7-16(13)26-18(24)4-2/h5-10H,3-4,11H2,1-2H3.